The van der Waals surface area contributed by atoms with Gasteiger partial charge in [-0.25, -0.2) is 24.0 Å². The summed E-state index contributed by atoms with van der Waals surface area (Å²) in [6.45, 7) is 23.0. The van der Waals surface area contributed by atoms with Crippen LogP contribution in [0.15, 0.2) is 0 Å². The number of primary amides is 1. The molecule has 7 amide bonds. The van der Waals surface area contributed by atoms with Crippen LogP contribution in [0.4, 0.5) is 19.2 Å². The van der Waals surface area contributed by atoms with E-state index in [1.165, 1.54) is 17.7 Å². The Labute approximate surface area is 561 Å². The first-order chi connectivity index (χ1) is 43.8. The number of carbonyl (C=O) groups is 11. The summed E-state index contributed by atoms with van der Waals surface area (Å²) in [4.78, 5) is 158. The first-order valence-corrected chi connectivity index (χ1v) is 34.9. The summed E-state index contributed by atoms with van der Waals surface area (Å²) in [5.41, 5.74) is -1.53. The van der Waals surface area contributed by atoms with E-state index in [2.05, 4.69) is 29.8 Å². The molecule has 0 saturated heterocycles. The maximum absolute atomic E-state index is 16.5. The summed E-state index contributed by atoms with van der Waals surface area (Å²) < 4.78 is 22.4. The molecule has 8 N–H and O–H groups in total. The van der Waals surface area contributed by atoms with Crippen molar-refractivity contribution >= 4 is 65.8 Å². The molecule has 0 fully saturated rings. The molecule has 1 unspecified atom stereocenters. The molecule has 0 saturated carbocycles. The number of aliphatic carboxylic acids is 3. The summed E-state index contributed by atoms with van der Waals surface area (Å²) in [5.74, 6) is -13.0. The van der Waals surface area contributed by atoms with Crippen LogP contribution in [0.1, 0.15) is 296 Å². The number of hydrogen-bond donors (Lipinski definition) is 7. The van der Waals surface area contributed by atoms with Crippen LogP contribution in [-0.4, -0.2) is 169 Å². The van der Waals surface area contributed by atoms with E-state index in [9.17, 15) is 53.7 Å². The lowest BCUT2D eigenvalue weighted by Gasteiger charge is -2.47. The molecule has 0 rings (SSSR count). The normalized spacial score (nSPS) is 13.5. The highest BCUT2D eigenvalue weighted by molar-refractivity contribution is 6.05. The highest BCUT2D eigenvalue weighted by Gasteiger charge is 2.60. The highest BCUT2D eigenvalue weighted by Crippen LogP contribution is 2.35. The fourth-order valence-electron chi connectivity index (χ4n) is 10.7. The minimum absolute atomic E-state index is 0.0361. The van der Waals surface area contributed by atoms with Gasteiger partial charge in [0.15, 0.2) is 5.78 Å². The van der Waals surface area contributed by atoms with E-state index < -0.39 is 157 Å². The number of Topliss-reactive ketones (excluding diaryl/α,β-unsaturated/α-hetero) is 1. The summed E-state index contributed by atoms with van der Waals surface area (Å²) in [6, 6.07) is -4.16. The van der Waals surface area contributed by atoms with Crippen molar-refractivity contribution in [2.75, 3.05) is 32.7 Å². The van der Waals surface area contributed by atoms with Gasteiger partial charge in [-0.2, -0.15) is 0 Å². The van der Waals surface area contributed by atoms with Crippen molar-refractivity contribution in [1.29, 1.82) is 0 Å². The van der Waals surface area contributed by atoms with Crippen molar-refractivity contribution in [3.8, 4) is 0 Å². The quantitative estimate of drug-likeness (QED) is 0.0169. The lowest BCUT2D eigenvalue weighted by molar-refractivity contribution is -0.179. The van der Waals surface area contributed by atoms with Gasteiger partial charge in [0, 0.05) is 58.4 Å². The van der Waals surface area contributed by atoms with E-state index in [0.717, 1.165) is 94.8 Å². The van der Waals surface area contributed by atoms with Crippen molar-refractivity contribution in [3.05, 3.63) is 0 Å². The number of rotatable bonds is 50. The van der Waals surface area contributed by atoms with Gasteiger partial charge in [-0.3, -0.25) is 43.9 Å². The zero-order valence-corrected chi connectivity index (χ0v) is 60.1. The third-order valence-electron chi connectivity index (χ3n) is 15.2. The molecule has 4 atom stereocenters. The van der Waals surface area contributed by atoms with Crippen LogP contribution in [0.3, 0.4) is 0 Å². The number of nitrogens with one attached hydrogen (secondary N) is 3. The zero-order chi connectivity index (χ0) is 71.7. The van der Waals surface area contributed by atoms with Crippen LogP contribution in [0.2, 0.25) is 0 Å². The third kappa shape index (κ3) is 40.2. The maximum Gasteiger partial charge on any atom is 0.410 e. The molecule has 25 nitrogen and oxygen atoms in total. The van der Waals surface area contributed by atoms with Gasteiger partial charge >= 0.3 is 42.3 Å². The highest BCUT2D eigenvalue weighted by atomic mass is 16.6. The van der Waals surface area contributed by atoms with Gasteiger partial charge in [0.1, 0.15) is 28.4 Å². The van der Waals surface area contributed by atoms with E-state index in [-0.39, 0.29) is 58.3 Å². The van der Waals surface area contributed by atoms with E-state index in [1.54, 1.807) is 83.1 Å². The number of unbranched alkanes of at least 4 members (excludes halogenated alkanes) is 20. The van der Waals surface area contributed by atoms with Gasteiger partial charge in [-0.05, 0) is 128 Å². The summed E-state index contributed by atoms with van der Waals surface area (Å²) in [6.07, 6.45) is 11.3. The van der Waals surface area contributed by atoms with E-state index >= 15 is 14.4 Å². The molecular weight excluding hydrogens is 1210 g/mol. The minimum Gasteiger partial charge on any atom is -0.481 e. The molecule has 0 aliphatic rings. The first kappa shape index (κ1) is 87.7. The van der Waals surface area contributed by atoms with Crippen molar-refractivity contribution in [3.63, 3.8) is 0 Å². The molecule has 544 valence electrons. The second kappa shape index (κ2) is 46.0. The molecule has 25 heteroatoms. The number of imide groups is 1. The molecule has 0 aromatic carbocycles. The number of amides is 7. The van der Waals surface area contributed by atoms with Gasteiger partial charge in [0.2, 0.25) is 23.4 Å². The number of carboxylic acid groups (broad SMARTS) is 3. The molecular formula is C69H125N7O18. The van der Waals surface area contributed by atoms with Gasteiger partial charge in [-0.15, -0.1) is 0 Å². The molecule has 0 bridgehead atoms. The van der Waals surface area contributed by atoms with E-state index in [4.69, 9.17) is 24.7 Å². The number of ether oxygens (including phenoxy) is 4. The summed E-state index contributed by atoms with van der Waals surface area (Å²) >= 11 is 0. The molecule has 94 heavy (non-hydrogen) atoms. The Hall–Kier alpha value is -6.27. The number of carbonyl (C=O) groups excluding carboxylic acids is 8. The number of hydrogen-bond acceptors (Lipinski definition) is 16. The minimum atomic E-state index is -3.53. The summed E-state index contributed by atoms with van der Waals surface area (Å²) in [7, 11) is 0. The Bertz CT molecular complexity index is 2270. The lowest BCUT2D eigenvalue weighted by Crippen LogP contribution is -2.75. The SMILES string of the molecule is CCCCCCCCCCCCCC(=O)N(C(=O)CCCCCCCCCCCCC)[C@](N[C@@H](CCC(=O)O)C(=O)O)(C(=O)O)C(CC(N)=O)C(=O)[C@H](CCCN(CCCNC(=O)OC(C)(C)C)C(=O)OC(C)(C)C)N(CCCNC(=O)OC(C)(C)C)C(=O)OC(C)(C)C. The Kier molecular flexibility index (Phi) is 42.9. The monoisotopic (exact) mass is 1340 g/mol. The van der Waals surface area contributed by atoms with E-state index in [0.29, 0.717) is 30.6 Å². The molecule has 0 aromatic rings. The lowest BCUT2D eigenvalue weighted by atomic mass is 9.78. The smallest absolute Gasteiger partial charge is 0.410 e. The van der Waals surface area contributed by atoms with Crippen molar-refractivity contribution in [2.45, 2.75) is 336 Å². The molecule has 0 aliphatic heterocycles. The zero-order valence-electron chi connectivity index (χ0n) is 60.1. The first-order valence-electron chi connectivity index (χ1n) is 34.9. The Morgan fingerprint density at radius 3 is 1.18 bits per heavy atom. The van der Waals surface area contributed by atoms with Gasteiger partial charge < -0.3 is 55.5 Å². The fraction of sp³-hybridized carbons (Fsp3) is 0.841. The van der Waals surface area contributed by atoms with Crippen molar-refractivity contribution in [1.82, 2.24) is 30.7 Å². The predicted octanol–water partition coefficient (Wildman–Crippen LogP) is 12.9. The van der Waals surface area contributed by atoms with Crippen LogP contribution in [0, 0.1) is 5.92 Å². The second-order valence-electron chi connectivity index (χ2n) is 28.7. The topological polar surface area (TPSA) is 357 Å². The van der Waals surface area contributed by atoms with Crippen LogP contribution >= 0.6 is 0 Å². The Morgan fingerprint density at radius 1 is 0.447 bits per heavy atom. The average molecular weight is 1340 g/mol. The largest absolute Gasteiger partial charge is 0.481 e. The number of alkyl carbamates (subject to hydrolysis) is 2. The van der Waals surface area contributed by atoms with E-state index in [1.807, 2.05) is 0 Å². The van der Waals surface area contributed by atoms with Crippen LogP contribution in [0.5, 0.6) is 0 Å². The molecule has 0 aliphatic carbocycles. The Morgan fingerprint density at radius 2 is 0.819 bits per heavy atom. The molecule has 0 aromatic heterocycles. The number of carboxylic acids is 3. The average Bonchev–Trinajstić information content (AvgIpc) is 0.743. The van der Waals surface area contributed by atoms with Crippen LogP contribution in [0.25, 0.3) is 0 Å². The Balaban J connectivity index is 8.63. The predicted molar refractivity (Wildman–Crippen MR) is 360 cm³/mol. The van der Waals surface area contributed by atoms with Gasteiger partial charge in [0.25, 0.3) is 0 Å². The number of nitrogens with two attached hydrogens (primary N) is 1. The molecule has 0 heterocycles. The summed E-state index contributed by atoms with van der Waals surface area (Å²) in [5, 5.41) is 40.5. The third-order valence-corrected chi connectivity index (χ3v) is 15.2. The van der Waals surface area contributed by atoms with Crippen LogP contribution in [-0.2, 0) is 52.5 Å². The van der Waals surface area contributed by atoms with Crippen molar-refractivity contribution < 1.29 is 87.0 Å². The number of nitrogens with zero attached hydrogens (tertiary/aromatic N) is 3. The maximum atomic E-state index is 16.5. The number of ketones is 1. The standard InChI is InChI=1S/C69H125N7O18/c1-15-17-19-21-23-25-27-29-31-33-35-41-55(78)76(56(79)42-36-34-32-30-28-26-24-22-20-18-16-2)69(60(85)86,73-52(59(83)84)43-44-57(80)81)51(50-54(70)77)58(82)53(75(64(90)94-68(12,13)14)49-39-46-72-62(88)92-66(6,7)8)40-37-47-74(63(89)93-67(9,10)11)48-38-45-71-61(87)91-65(3,4)5/h51-53,73H,15-50H2,1-14H3,(H2,70,77)(H,71,87)(H,72,88)(H,80,81)(H,83,84)(H,85,86)/t51?,52-,53-,69-/m0/s1. The van der Waals surface area contributed by atoms with Crippen LogP contribution < -0.4 is 21.7 Å². The molecule has 0 spiro atoms. The van der Waals surface area contributed by atoms with Gasteiger partial charge in [-0.1, -0.05) is 142 Å². The second-order valence-corrected chi connectivity index (χ2v) is 28.7. The molecule has 0 radical (unpaired) electrons. The fourth-order valence-corrected chi connectivity index (χ4v) is 10.7. The van der Waals surface area contributed by atoms with Gasteiger partial charge in [0.05, 0.1) is 12.0 Å². The van der Waals surface area contributed by atoms with Crippen molar-refractivity contribution in [2.24, 2.45) is 11.7 Å².